The smallest absolute Gasteiger partial charge is 0.243 e. The number of carbonyl (C=O) groups excluding carboxylic acids is 1. The van der Waals surface area contributed by atoms with Crippen LogP contribution in [0, 0.1) is 13.3 Å². The maximum atomic E-state index is 12.2. The second-order valence-corrected chi connectivity index (χ2v) is 9.61. The number of hydrogen-bond donors (Lipinski definition) is 9. The molecular weight excluding hydrogens is 518 g/mol. The minimum Gasteiger partial charge on any atom is -0.394 e. The topological polar surface area (TPSA) is 255 Å². The molecule has 2 saturated heterocycles. The molecule has 210 valence electrons. The summed E-state index contributed by atoms with van der Waals surface area (Å²) in [6, 6.07) is -0.826. The van der Waals surface area contributed by atoms with Crippen molar-refractivity contribution < 1.29 is 54.8 Å². The number of hydrogen-bond acceptors (Lipinski definition) is 15. The zero-order valence-corrected chi connectivity index (χ0v) is 20.4. The number of anilines is 1. The lowest BCUT2D eigenvalue weighted by Crippen LogP contribution is -2.63. The van der Waals surface area contributed by atoms with Crippen LogP contribution in [0.1, 0.15) is 6.23 Å². The van der Waals surface area contributed by atoms with E-state index in [-0.39, 0.29) is 5.82 Å². The Morgan fingerprint density at radius 1 is 1.14 bits per heavy atom. The van der Waals surface area contributed by atoms with Crippen LogP contribution in [0.5, 0.6) is 0 Å². The number of rotatable bonds is 11. The highest BCUT2D eigenvalue weighted by Crippen LogP contribution is 2.32. The number of thioether (sulfide) groups is 1. The maximum absolute atomic E-state index is 12.2. The molecule has 9 unspecified atom stereocenters. The lowest BCUT2D eigenvalue weighted by molar-refractivity contribution is -0.347. The molecule has 0 aliphatic carbocycles. The molecule has 17 heteroatoms. The van der Waals surface area contributed by atoms with Crippen molar-refractivity contribution in [1.82, 2.24) is 15.0 Å². The van der Waals surface area contributed by atoms with E-state index in [9.17, 15) is 40.5 Å². The standard InChI is InChI=1S/C20H33N5O11S/c1-2-3-37-7-8(21)18(33)22-11-4-25(24-23-11)19-15(31)14(30)17(10(6-27)34-19)36-20-16(32)13(29)12(28)9(5-26)35-20/h2,4,8-10,12-17,19-20,26-32H,1,3,5-7,21H2,(H,22,33)/t8-,9?,10?,12?,13?,14?,15?,16?,17?,19-,20?/m1/s1. The number of amides is 1. The van der Waals surface area contributed by atoms with Gasteiger partial charge in [0.15, 0.2) is 18.3 Å². The summed E-state index contributed by atoms with van der Waals surface area (Å²) < 4.78 is 17.5. The molecule has 3 heterocycles. The van der Waals surface area contributed by atoms with Gasteiger partial charge in [-0.3, -0.25) is 4.79 Å². The summed E-state index contributed by atoms with van der Waals surface area (Å²) in [6.45, 7) is 2.17. The number of aliphatic hydroxyl groups excluding tert-OH is 7. The number of nitrogens with one attached hydrogen (secondary N) is 1. The zero-order valence-electron chi connectivity index (χ0n) is 19.6. The van der Waals surface area contributed by atoms with E-state index in [1.54, 1.807) is 6.42 Å². The fraction of sp³-hybridized carbons (Fsp3) is 0.750. The largest absolute Gasteiger partial charge is 0.394 e. The van der Waals surface area contributed by atoms with E-state index >= 15 is 0 Å². The molecule has 0 spiro atoms. The fourth-order valence-electron chi connectivity index (χ4n) is 3.82. The lowest BCUT2D eigenvalue weighted by atomic mass is 9.96. The minimum absolute atomic E-state index is 0.000277. The molecular formula is C20H33N5O11S. The molecule has 1 amide bonds. The molecule has 0 saturated carbocycles. The van der Waals surface area contributed by atoms with Crippen molar-refractivity contribution >= 4 is 23.5 Å². The summed E-state index contributed by atoms with van der Waals surface area (Å²) in [4.78, 5) is 12.2. The molecule has 0 aromatic carbocycles. The Bertz CT molecular complexity index is 864. The third kappa shape index (κ3) is 6.94. The molecule has 2 radical (unpaired) electrons. The van der Waals surface area contributed by atoms with Crippen molar-refractivity contribution in [2.75, 3.05) is 30.0 Å². The summed E-state index contributed by atoms with van der Waals surface area (Å²) in [5.74, 6) is 0.454. The number of carbonyl (C=O) groups is 1. The summed E-state index contributed by atoms with van der Waals surface area (Å²) in [5.41, 5.74) is 5.83. The van der Waals surface area contributed by atoms with Gasteiger partial charge >= 0.3 is 0 Å². The van der Waals surface area contributed by atoms with Gasteiger partial charge in [0.2, 0.25) is 5.91 Å². The molecule has 0 bridgehead atoms. The van der Waals surface area contributed by atoms with Gasteiger partial charge in [-0.2, -0.15) is 11.8 Å². The molecule has 11 atom stereocenters. The fourth-order valence-corrected chi connectivity index (χ4v) is 4.53. The number of nitrogens with two attached hydrogens (primary N) is 1. The summed E-state index contributed by atoms with van der Waals surface area (Å²) in [6.07, 6.45) is -12.7. The van der Waals surface area contributed by atoms with Crippen molar-refractivity contribution in [2.45, 2.75) is 67.4 Å². The zero-order chi connectivity index (χ0) is 27.3. The second-order valence-electron chi connectivity index (χ2n) is 8.53. The average Bonchev–Trinajstić information content (AvgIpc) is 3.35. The van der Waals surface area contributed by atoms with Gasteiger partial charge in [0.1, 0.15) is 48.8 Å². The minimum atomic E-state index is -1.78. The molecule has 2 fully saturated rings. The Morgan fingerprint density at radius 2 is 1.84 bits per heavy atom. The van der Waals surface area contributed by atoms with Crippen LogP contribution in [0.4, 0.5) is 5.82 Å². The van der Waals surface area contributed by atoms with Gasteiger partial charge in [-0.15, -0.1) is 5.10 Å². The van der Waals surface area contributed by atoms with Gasteiger partial charge in [0.05, 0.1) is 25.5 Å². The van der Waals surface area contributed by atoms with Crippen LogP contribution < -0.4 is 11.1 Å². The lowest BCUT2D eigenvalue weighted by Gasteiger charge is -2.45. The average molecular weight is 552 g/mol. The Hall–Kier alpha value is -1.48. The van der Waals surface area contributed by atoms with Gasteiger partial charge in [-0.25, -0.2) is 4.68 Å². The highest BCUT2D eigenvalue weighted by atomic mass is 32.2. The van der Waals surface area contributed by atoms with Crippen LogP contribution >= 0.6 is 11.8 Å². The number of aliphatic hydroxyl groups is 7. The Kier molecular flexibility index (Phi) is 11.0. The van der Waals surface area contributed by atoms with Crippen LogP contribution in [0.3, 0.4) is 0 Å². The van der Waals surface area contributed by atoms with E-state index in [0.717, 1.165) is 4.68 Å². The van der Waals surface area contributed by atoms with Crippen molar-refractivity contribution in [3.8, 4) is 0 Å². The van der Waals surface area contributed by atoms with Crippen LogP contribution in [0.2, 0.25) is 0 Å². The second kappa shape index (κ2) is 13.5. The van der Waals surface area contributed by atoms with Crippen LogP contribution in [0.15, 0.2) is 6.20 Å². The van der Waals surface area contributed by atoms with Crippen LogP contribution in [-0.2, 0) is 19.0 Å². The predicted molar refractivity (Wildman–Crippen MR) is 125 cm³/mol. The highest BCUT2D eigenvalue weighted by molar-refractivity contribution is 7.99. The third-order valence-electron chi connectivity index (χ3n) is 5.87. The predicted octanol–water partition coefficient (Wildman–Crippen LogP) is -4.89. The quantitative estimate of drug-likeness (QED) is 0.117. The first-order chi connectivity index (χ1) is 17.6. The van der Waals surface area contributed by atoms with Crippen molar-refractivity contribution in [2.24, 2.45) is 5.73 Å². The molecule has 2 aliphatic heterocycles. The van der Waals surface area contributed by atoms with E-state index in [1.807, 2.05) is 0 Å². The maximum Gasteiger partial charge on any atom is 0.243 e. The summed E-state index contributed by atoms with van der Waals surface area (Å²) in [7, 11) is 0. The molecule has 3 rings (SSSR count). The Labute approximate surface area is 216 Å². The van der Waals surface area contributed by atoms with Crippen LogP contribution in [0.25, 0.3) is 0 Å². The molecule has 1 aromatic heterocycles. The van der Waals surface area contributed by atoms with Crippen molar-refractivity contribution in [1.29, 1.82) is 0 Å². The number of aromatic nitrogens is 3. The highest BCUT2D eigenvalue weighted by Gasteiger charge is 2.51. The van der Waals surface area contributed by atoms with E-state index < -0.39 is 86.5 Å². The monoisotopic (exact) mass is 551 g/mol. The van der Waals surface area contributed by atoms with Gasteiger partial charge in [0.25, 0.3) is 0 Å². The Morgan fingerprint density at radius 3 is 2.49 bits per heavy atom. The molecule has 2 aliphatic rings. The van der Waals surface area contributed by atoms with Crippen molar-refractivity contribution in [3.05, 3.63) is 19.5 Å². The molecule has 16 nitrogen and oxygen atoms in total. The number of ether oxygens (including phenoxy) is 3. The molecule has 37 heavy (non-hydrogen) atoms. The SMILES string of the molecule is [CH2][CH]CSC[C@@H](N)C(=O)Nc1cn([C@@H]2OC(CO)C(OC3OC(CO)C(O)C(O)C3O)C(O)C2O)nn1. The van der Waals surface area contributed by atoms with Crippen molar-refractivity contribution in [3.63, 3.8) is 0 Å². The first kappa shape index (κ1) is 30.1. The van der Waals surface area contributed by atoms with Gasteiger partial charge in [0, 0.05) is 5.75 Å². The van der Waals surface area contributed by atoms with E-state index in [4.69, 9.17) is 19.9 Å². The first-order valence-corrected chi connectivity index (χ1v) is 12.5. The normalized spacial score (nSPS) is 37.3. The summed E-state index contributed by atoms with van der Waals surface area (Å²) >= 11 is 1.42. The Balaban J connectivity index is 1.66. The van der Waals surface area contributed by atoms with E-state index in [2.05, 4.69) is 22.6 Å². The first-order valence-electron chi connectivity index (χ1n) is 11.4. The molecule has 1 aromatic rings. The third-order valence-corrected chi connectivity index (χ3v) is 6.94. The van der Waals surface area contributed by atoms with E-state index in [0.29, 0.717) is 11.5 Å². The number of nitrogens with zero attached hydrogens (tertiary/aromatic N) is 3. The van der Waals surface area contributed by atoms with Gasteiger partial charge in [-0.1, -0.05) is 5.21 Å². The molecule has 10 N–H and O–H groups in total. The van der Waals surface area contributed by atoms with Crippen LogP contribution in [-0.4, -0.2) is 143 Å². The van der Waals surface area contributed by atoms with Gasteiger partial charge in [-0.05, 0) is 19.1 Å². The summed E-state index contributed by atoms with van der Waals surface area (Å²) in [5, 5.41) is 80.7. The van der Waals surface area contributed by atoms with E-state index in [1.165, 1.54) is 18.0 Å². The van der Waals surface area contributed by atoms with Gasteiger partial charge < -0.3 is 61.0 Å².